The number of nitrogens with zero attached hydrogens (tertiary/aromatic N) is 2. The van der Waals surface area contributed by atoms with Crippen LogP contribution in [-0.4, -0.2) is 22.9 Å². The fourth-order valence-corrected chi connectivity index (χ4v) is 3.52. The Labute approximate surface area is 139 Å². The number of hydrogen-bond donors (Lipinski definition) is 0. The zero-order valence-corrected chi connectivity index (χ0v) is 15.2. The molecule has 0 N–H and O–H groups in total. The van der Waals surface area contributed by atoms with Crippen LogP contribution < -0.4 is 0 Å². The Kier molecular flexibility index (Phi) is 5.06. The van der Waals surface area contributed by atoms with E-state index >= 15 is 0 Å². The average Bonchev–Trinajstić information content (AvgIpc) is 2.83. The largest absolute Gasteiger partial charge is 0.465 e. The van der Waals surface area contributed by atoms with Crippen LogP contribution in [0.4, 0.5) is 0 Å². The molecular formula is C17H21BrN2O2. The van der Waals surface area contributed by atoms with Crippen molar-refractivity contribution in [3.63, 3.8) is 0 Å². The lowest BCUT2D eigenvalue weighted by Crippen LogP contribution is -2.09. The molecule has 0 saturated heterocycles. The number of hydrogen-bond acceptors (Lipinski definition) is 3. The molecule has 0 fully saturated rings. The highest BCUT2D eigenvalue weighted by molar-refractivity contribution is 9.10. The van der Waals surface area contributed by atoms with E-state index in [4.69, 9.17) is 9.84 Å². The summed E-state index contributed by atoms with van der Waals surface area (Å²) < 4.78 is 7.90. The van der Waals surface area contributed by atoms with Crippen LogP contribution in [0.3, 0.4) is 0 Å². The molecule has 0 spiro atoms. The van der Waals surface area contributed by atoms with Gasteiger partial charge in [0.25, 0.3) is 0 Å². The van der Waals surface area contributed by atoms with Crippen LogP contribution in [0.2, 0.25) is 0 Å². The molecule has 2 rings (SSSR count). The maximum atomic E-state index is 12.2. The van der Waals surface area contributed by atoms with Crippen molar-refractivity contribution in [1.82, 2.24) is 9.78 Å². The Balaban J connectivity index is 2.77. The molecule has 2 aromatic rings. The van der Waals surface area contributed by atoms with Gasteiger partial charge in [0.05, 0.1) is 24.2 Å². The van der Waals surface area contributed by atoms with Crippen molar-refractivity contribution in [2.45, 2.75) is 40.5 Å². The molecule has 0 aliphatic rings. The van der Waals surface area contributed by atoms with Crippen LogP contribution in [-0.2, 0) is 17.6 Å². The lowest BCUT2D eigenvalue weighted by molar-refractivity contribution is 0.0598. The van der Waals surface area contributed by atoms with Crippen LogP contribution in [0.5, 0.6) is 0 Å². The number of aromatic nitrogens is 2. The number of methoxy groups -OCH3 is 1. The lowest BCUT2D eigenvalue weighted by Gasteiger charge is -2.14. The molecule has 0 aliphatic carbocycles. The average molecular weight is 365 g/mol. The molecule has 0 unspecified atom stereocenters. The van der Waals surface area contributed by atoms with E-state index in [-0.39, 0.29) is 5.97 Å². The third-order valence-corrected chi connectivity index (χ3v) is 4.24. The molecule has 118 valence electrons. The van der Waals surface area contributed by atoms with E-state index < -0.39 is 0 Å². The Morgan fingerprint density at radius 1 is 1.23 bits per heavy atom. The van der Waals surface area contributed by atoms with Gasteiger partial charge in [-0.1, -0.05) is 29.8 Å². The molecule has 4 nitrogen and oxygen atoms in total. The number of esters is 1. The van der Waals surface area contributed by atoms with Crippen LogP contribution in [0, 0.1) is 13.8 Å². The van der Waals surface area contributed by atoms with E-state index in [1.165, 1.54) is 7.11 Å². The number of carbonyl (C=O) groups is 1. The van der Waals surface area contributed by atoms with Crippen molar-refractivity contribution >= 4 is 21.9 Å². The van der Waals surface area contributed by atoms with Crippen LogP contribution in [0.25, 0.3) is 5.69 Å². The SMILES string of the molecule is CCc1nn(-c2c(C)cc(Br)cc2C)c(CC)c1C(=O)OC. The molecule has 1 heterocycles. The smallest absolute Gasteiger partial charge is 0.341 e. The van der Waals surface area contributed by atoms with Crippen molar-refractivity contribution in [2.75, 3.05) is 7.11 Å². The number of rotatable bonds is 4. The lowest BCUT2D eigenvalue weighted by atomic mass is 10.1. The summed E-state index contributed by atoms with van der Waals surface area (Å²) in [6.45, 7) is 8.14. The molecule has 0 aliphatic heterocycles. The van der Waals surface area contributed by atoms with E-state index in [9.17, 15) is 4.79 Å². The van der Waals surface area contributed by atoms with Gasteiger partial charge in [-0.3, -0.25) is 0 Å². The zero-order valence-electron chi connectivity index (χ0n) is 13.7. The fourth-order valence-electron chi connectivity index (χ4n) is 2.84. The molecular weight excluding hydrogens is 344 g/mol. The quantitative estimate of drug-likeness (QED) is 0.764. The molecule has 22 heavy (non-hydrogen) atoms. The zero-order chi connectivity index (χ0) is 16.4. The van der Waals surface area contributed by atoms with Gasteiger partial charge in [0.15, 0.2) is 0 Å². The van der Waals surface area contributed by atoms with Gasteiger partial charge >= 0.3 is 5.97 Å². The number of halogens is 1. The minimum Gasteiger partial charge on any atom is -0.465 e. The summed E-state index contributed by atoms with van der Waals surface area (Å²) in [6.07, 6.45) is 1.41. The topological polar surface area (TPSA) is 44.1 Å². The van der Waals surface area contributed by atoms with Crippen molar-refractivity contribution in [1.29, 1.82) is 0 Å². The van der Waals surface area contributed by atoms with Gasteiger partial charge in [0.2, 0.25) is 0 Å². The van der Waals surface area contributed by atoms with Gasteiger partial charge in [0.1, 0.15) is 5.56 Å². The highest BCUT2D eigenvalue weighted by Gasteiger charge is 2.24. The van der Waals surface area contributed by atoms with Crippen molar-refractivity contribution in [3.05, 3.63) is 44.7 Å². The van der Waals surface area contributed by atoms with Gasteiger partial charge in [-0.05, 0) is 49.9 Å². The third-order valence-electron chi connectivity index (χ3n) is 3.78. The molecule has 0 amide bonds. The van der Waals surface area contributed by atoms with Crippen LogP contribution in [0.1, 0.15) is 46.7 Å². The van der Waals surface area contributed by atoms with Crippen LogP contribution >= 0.6 is 15.9 Å². The first-order valence-corrected chi connectivity index (χ1v) is 8.20. The van der Waals surface area contributed by atoms with E-state index in [1.807, 2.05) is 18.5 Å². The number of benzene rings is 1. The summed E-state index contributed by atoms with van der Waals surface area (Å²) in [4.78, 5) is 12.2. The predicted octanol–water partition coefficient (Wildman–Crippen LogP) is 4.16. The molecule has 0 atom stereocenters. The standard InChI is InChI=1S/C17H21BrN2O2/c1-6-13-15(17(21)22-5)14(7-2)20(19-13)16-10(3)8-12(18)9-11(16)4/h8-9H,6-7H2,1-5H3. The number of carbonyl (C=O) groups excluding carboxylic acids is 1. The molecule has 1 aromatic carbocycles. The Morgan fingerprint density at radius 3 is 2.27 bits per heavy atom. The molecule has 0 bridgehead atoms. The third kappa shape index (κ3) is 2.82. The number of ether oxygens (including phenoxy) is 1. The van der Waals surface area contributed by atoms with Gasteiger partial charge in [-0.2, -0.15) is 5.10 Å². The van der Waals surface area contributed by atoms with Crippen molar-refractivity contribution < 1.29 is 9.53 Å². The van der Waals surface area contributed by atoms with E-state index in [2.05, 4.69) is 41.9 Å². The minimum absolute atomic E-state index is 0.313. The first-order valence-electron chi connectivity index (χ1n) is 7.40. The predicted molar refractivity (Wildman–Crippen MR) is 90.8 cm³/mol. The van der Waals surface area contributed by atoms with Gasteiger partial charge < -0.3 is 4.74 Å². The normalized spacial score (nSPS) is 10.8. The maximum absolute atomic E-state index is 12.2. The Hall–Kier alpha value is -1.62. The first-order chi connectivity index (χ1) is 10.4. The molecule has 0 saturated carbocycles. The number of aryl methyl sites for hydroxylation is 3. The first kappa shape index (κ1) is 16.7. The highest BCUT2D eigenvalue weighted by Crippen LogP contribution is 2.28. The minimum atomic E-state index is -0.313. The Morgan fingerprint density at radius 2 is 1.82 bits per heavy atom. The monoisotopic (exact) mass is 364 g/mol. The Bertz CT molecular complexity index is 697. The second kappa shape index (κ2) is 6.65. The molecule has 0 radical (unpaired) electrons. The van der Waals surface area contributed by atoms with Crippen molar-refractivity contribution in [3.8, 4) is 5.69 Å². The summed E-state index contributed by atoms with van der Waals surface area (Å²) in [6, 6.07) is 4.12. The summed E-state index contributed by atoms with van der Waals surface area (Å²) in [7, 11) is 1.41. The van der Waals surface area contributed by atoms with Crippen molar-refractivity contribution in [2.24, 2.45) is 0 Å². The highest BCUT2D eigenvalue weighted by atomic mass is 79.9. The van der Waals surface area contributed by atoms with E-state index in [0.29, 0.717) is 18.4 Å². The summed E-state index contributed by atoms with van der Waals surface area (Å²) in [5.74, 6) is -0.313. The molecule has 1 aromatic heterocycles. The van der Waals surface area contributed by atoms with Gasteiger partial charge in [-0.25, -0.2) is 9.48 Å². The van der Waals surface area contributed by atoms with E-state index in [1.54, 1.807) is 0 Å². The fraction of sp³-hybridized carbons (Fsp3) is 0.412. The molecule has 5 heteroatoms. The van der Waals surface area contributed by atoms with Gasteiger partial charge in [0, 0.05) is 4.47 Å². The second-order valence-corrected chi connectivity index (χ2v) is 6.18. The van der Waals surface area contributed by atoms with Gasteiger partial charge in [-0.15, -0.1) is 0 Å². The summed E-state index contributed by atoms with van der Waals surface area (Å²) in [5.41, 5.74) is 5.55. The van der Waals surface area contributed by atoms with E-state index in [0.717, 1.165) is 32.7 Å². The summed E-state index contributed by atoms with van der Waals surface area (Å²) >= 11 is 3.52. The maximum Gasteiger partial charge on any atom is 0.341 e. The van der Waals surface area contributed by atoms with Crippen LogP contribution in [0.15, 0.2) is 16.6 Å². The second-order valence-electron chi connectivity index (χ2n) is 5.27. The summed E-state index contributed by atoms with van der Waals surface area (Å²) in [5, 5.41) is 4.69.